The van der Waals surface area contributed by atoms with Crippen molar-refractivity contribution in [3.05, 3.63) is 78.4 Å². The Morgan fingerprint density at radius 1 is 1.16 bits per heavy atom. The number of fused-ring (bicyclic) bond motifs is 1. The van der Waals surface area contributed by atoms with Crippen molar-refractivity contribution in [1.82, 2.24) is 15.2 Å². The van der Waals surface area contributed by atoms with E-state index in [1.54, 1.807) is 41.6 Å². The number of nitriles is 1. The second-order valence-corrected chi connectivity index (χ2v) is 8.46. The molecular formula is C25H22FN5O. The van der Waals surface area contributed by atoms with Gasteiger partial charge in [-0.05, 0) is 60.9 Å². The summed E-state index contributed by atoms with van der Waals surface area (Å²) in [6.07, 6.45) is 7.61. The zero-order valence-corrected chi connectivity index (χ0v) is 17.4. The number of pyridine rings is 1. The van der Waals surface area contributed by atoms with Crippen LogP contribution in [-0.2, 0) is 0 Å². The zero-order chi connectivity index (χ0) is 22.1. The zero-order valence-electron chi connectivity index (χ0n) is 17.4. The number of rotatable bonds is 5. The normalized spacial score (nSPS) is 21.2. The second-order valence-electron chi connectivity index (χ2n) is 8.46. The molecule has 0 bridgehead atoms. The van der Waals surface area contributed by atoms with E-state index in [1.165, 1.54) is 12.1 Å². The van der Waals surface area contributed by atoms with Gasteiger partial charge in [0.1, 0.15) is 5.82 Å². The molecule has 160 valence electrons. The van der Waals surface area contributed by atoms with Gasteiger partial charge in [0.05, 0.1) is 12.1 Å². The lowest BCUT2D eigenvalue weighted by Gasteiger charge is -2.44. The number of amides is 1. The summed E-state index contributed by atoms with van der Waals surface area (Å²) >= 11 is 0. The Kier molecular flexibility index (Phi) is 4.98. The highest BCUT2D eigenvalue weighted by atomic mass is 19.1. The molecule has 1 saturated heterocycles. The molecule has 6 nitrogen and oxygen atoms in total. The lowest BCUT2D eigenvalue weighted by atomic mass is 9.69. The van der Waals surface area contributed by atoms with Gasteiger partial charge in [-0.25, -0.2) is 4.39 Å². The van der Waals surface area contributed by atoms with Crippen molar-refractivity contribution in [2.24, 2.45) is 5.92 Å². The van der Waals surface area contributed by atoms with Crippen LogP contribution in [0.2, 0.25) is 0 Å². The molecule has 2 N–H and O–H groups in total. The third-order valence-corrected chi connectivity index (χ3v) is 6.54. The fraction of sp³-hybridized carbons (Fsp3) is 0.240. The second kappa shape index (κ2) is 7.97. The molecule has 7 heteroatoms. The van der Waals surface area contributed by atoms with Gasteiger partial charge < -0.3 is 15.5 Å². The summed E-state index contributed by atoms with van der Waals surface area (Å²) in [7, 11) is 0. The maximum absolute atomic E-state index is 13.2. The van der Waals surface area contributed by atoms with Gasteiger partial charge in [0.2, 0.25) is 0 Å². The number of halogens is 1. The first-order valence-corrected chi connectivity index (χ1v) is 10.6. The first kappa shape index (κ1) is 20.0. The van der Waals surface area contributed by atoms with E-state index in [4.69, 9.17) is 0 Å². The predicted octanol–water partition coefficient (Wildman–Crippen LogP) is 4.31. The molecule has 2 atom stereocenters. The van der Waals surface area contributed by atoms with Crippen LogP contribution in [-0.4, -0.2) is 34.4 Å². The van der Waals surface area contributed by atoms with E-state index in [2.05, 4.69) is 21.8 Å². The van der Waals surface area contributed by atoms with Crippen molar-refractivity contribution >= 4 is 17.3 Å². The van der Waals surface area contributed by atoms with Crippen LogP contribution in [0.3, 0.4) is 0 Å². The van der Waals surface area contributed by atoms with Gasteiger partial charge in [0.25, 0.3) is 5.91 Å². The van der Waals surface area contributed by atoms with E-state index >= 15 is 0 Å². The van der Waals surface area contributed by atoms with Gasteiger partial charge in [0.15, 0.2) is 6.19 Å². The number of likely N-dealkylation sites (tertiary alicyclic amines) is 1. The number of carbonyl (C=O) groups excluding carboxylic acids is 1. The van der Waals surface area contributed by atoms with Crippen molar-refractivity contribution in [2.75, 3.05) is 18.4 Å². The van der Waals surface area contributed by atoms with Gasteiger partial charge >= 0.3 is 0 Å². The molecule has 0 spiro atoms. The van der Waals surface area contributed by atoms with Crippen molar-refractivity contribution in [1.29, 1.82) is 5.26 Å². The van der Waals surface area contributed by atoms with Gasteiger partial charge in [-0.3, -0.25) is 9.78 Å². The highest BCUT2D eigenvalue weighted by molar-refractivity contribution is 5.95. The maximum Gasteiger partial charge on any atom is 0.251 e. The summed E-state index contributed by atoms with van der Waals surface area (Å²) in [4.78, 5) is 18.9. The number of carbonyl (C=O) groups is 1. The Labute approximate surface area is 185 Å². The summed E-state index contributed by atoms with van der Waals surface area (Å²) in [5.74, 6) is -0.0530. The molecule has 2 aliphatic rings. The van der Waals surface area contributed by atoms with Crippen LogP contribution in [0.5, 0.6) is 0 Å². The average molecular weight is 427 g/mol. The van der Waals surface area contributed by atoms with Gasteiger partial charge in [-0.15, -0.1) is 0 Å². The van der Waals surface area contributed by atoms with E-state index in [0.29, 0.717) is 18.0 Å². The lowest BCUT2D eigenvalue weighted by molar-refractivity contribution is 0.0762. The Hall–Kier alpha value is -3.92. The van der Waals surface area contributed by atoms with Crippen LogP contribution in [0.4, 0.5) is 15.8 Å². The average Bonchev–Trinajstić information content (AvgIpc) is 3.05. The number of hydrogen-bond acceptors (Lipinski definition) is 5. The summed E-state index contributed by atoms with van der Waals surface area (Å²) in [6, 6.07) is 15.4. The molecule has 1 unspecified atom stereocenters. The number of anilines is 2. The van der Waals surface area contributed by atoms with E-state index in [9.17, 15) is 14.4 Å². The Morgan fingerprint density at radius 2 is 1.94 bits per heavy atom. The maximum atomic E-state index is 13.2. The quantitative estimate of drug-likeness (QED) is 0.593. The molecule has 1 aliphatic carbocycles. The monoisotopic (exact) mass is 427 g/mol. The minimum Gasteiger partial charge on any atom is -0.355 e. The molecular weight excluding hydrogens is 405 g/mol. The SMILES string of the molecule is N#CN1CC2CC[C@]2(NC(=O)c2ccc(-c3cnccc3Nc3ccc(F)cc3)cc2)C1. The number of aromatic nitrogens is 1. The van der Waals surface area contributed by atoms with Gasteiger partial charge in [-0.2, -0.15) is 5.26 Å². The van der Waals surface area contributed by atoms with Gasteiger partial charge in [0, 0.05) is 47.4 Å². The van der Waals surface area contributed by atoms with Crippen molar-refractivity contribution in [2.45, 2.75) is 18.4 Å². The van der Waals surface area contributed by atoms with Crippen LogP contribution in [0.1, 0.15) is 23.2 Å². The summed E-state index contributed by atoms with van der Waals surface area (Å²) in [6.45, 7) is 1.31. The first-order chi connectivity index (χ1) is 15.6. The van der Waals surface area contributed by atoms with E-state index in [0.717, 1.165) is 41.9 Å². The number of hydrogen-bond donors (Lipinski definition) is 2. The number of nitrogens with zero attached hydrogens (tertiary/aromatic N) is 3. The smallest absolute Gasteiger partial charge is 0.251 e. The van der Waals surface area contributed by atoms with Crippen LogP contribution < -0.4 is 10.6 Å². The van der Waals surface area contributed by atoms with Crippen LogP contribution in [0.15, 0.2) is 67.0 Å². The molecule has 2 fully saturated rings. The largest absolute Gasteiger partial charge is 0.355 e. The van der Waals surface area contributed by atoms with E-state index in [-0.39, 0.29) is 17.3 Å². The van der Waals surface area contributed by atoms with Crippen LogP contribution >= 0.6 is 0 Å². The summed E-state index contributed by atoms with van der Waals surface area (Å²) in [5, 5.41) is 15.7. The van der Waals surface area contributed by atoms with E-state index in [1.807, 2.05) is 18.2 Å². The molecule has 1 amide bonds. The minimum atomic E-state index is -0.287. The van der Waals surface area contributed by atoms with Crippen molar-refractivity contribution in [3.8, 4) is 17.3 Å². The molecule has 1 aromatic heterocycles. The van der Waals surface area contributed by atoms with Crippen molar-refractivity contribution < 1.29 is 9.18 Å². The highest BCUT2D eigenvalue weighted by Crippen LogP contribution is 2.44. The summed E-state index contributed by atoms with van der Waals surface area (Å²) in [5.41, 5.74) is 3.70. The molecule has 1 saturated carbocycles. The van der Waals surface area contributed by atoms with Crippen LogP contribution in [0, 0.1) is 23.2 Å². The first-order valence-electron chi connectivity index (χ1n) is 10.6. The number of benzene rings is 2. The molecule has 5 rings (SSSR count). The Bertz CT molecular complexity index is 1190. The fourth-order valence-electron chi connectivity index (χ4n) is 4.64. The minimum absolute atomic E-state index is 0.114. The Morgan fingerprint density at radius 3 is 2.62 bits per heavy atom. The fourth-order valence-corrected chi connectivity index (χ4v) is 4.64. The molecule has 0 radical (unpaired) electrons. The lowest BCUT2D eigenvalue weighted by Crippen LogP contribution is -2.60. The van der Waals surface area contributed by atoms with Gasteiger partial charge in [-0.1, -0.05) is 12.1 Å². The van der Waals surface area contributed by atoms with Crippen LogP contribution in [0.25, 0.3) is 11.1 Å². The third-order valence-electron chi connectivity index (χ3n) is 6.54. The molecule has 2 aromatic carbocycles. The topological polar surface area (TPSA) is 81.1 Å². The predicted molar refractivity (Wildman–Crippen MR) is 119 cm³/mol. The standard InChI is InChI=1S/C25H22FN5O/c26-20-5-7-21(8-6-20)29-23-10-12-28-13-22(23)17-1-3-18(4-2-17)24(32)30-25-11-9-19(25)14-31(15-25)16-27/h1-8,10,12-13,19H,9,11,14-15H2,(H,28,29)(H,30,32)/t19?,25-/m0/s1. The summed E-state index contributed by atoms with van der Waals surface area (Å²) < 4.78 is 13.2. The number of nitrogens with one attached hydrogen (secondary N) is 2. The molecule has 2 heterocycles. The highest BCUT2D eigenvalue weighted by Gasteiger charge is 2.54. The molecule has 3 aromatic rings. The Balaban J connectivity index is 1.33. The molecule has 32 heavy (non-hydrogen) atoms. The third kappa shape index (κ3) is 3.65. The van der Waals surface area contributed by atoms with E-state index < -0.39 is 0 Å². The van der Waals surface area contributed by atoms with Crippen molar-refractivity contribution in [3.63, 3.8) is 0 Å². The molecule has 1 aliphatic heterocycles.